The van der Waals surface area contributed by atoms with Crippen molar-refractivity contribution in [2.45, 2.75) is 33.6 Å². The van der Waals surface area contributed by atoms with Crippen LogP contribution in [0.3, 0.4) is 0 Å². The van der Waals surface area contributed by atoms with Gasteiger partial charge < -0.3 is 0 Å². The number of aromatic nitrogens is 3. The van der Waals surface area contributed by atoms with Crippen molar-refractivity contribution in [1.82, 2.24) is 15.2 Å². The van der Waals surface area contributed by atoms with E-state index in [9.17, 15) is 0 Å². The first-order valence-corrected chi connectivity index (χ1v) is 3.92. The van der Waals surface area contributed by atoms with E-state index in [1.54, 1.807) is 6.33 Å². The molecule has 0 saturated carbocycles. The van der Waals surface area contributed by atoms with Crippen molar-refractivity contribution >= 4 is 0 Å². The molecule has 0 radical (unpaired) electrons. The topological polar surface area (TPSA) is 41.6 Å². The Bertz CT molecular complexity index is 196. The fourth-order valence-corrected chi connectivity index (χ4v) is 0.845. The van der Waals surface area contributed by atoms with Crippen LogP contribution in [0.5, 0.6) is 0 Å². The van der Waals surface area contributed by atoms with Crippen LogP contribution in [0.25, 0.3) is 0 Å². The molecule has 1 aromatic heterocycles. The Morgan fingerprint density at radius 2 is 2.18 bits per heavy atom. The SMILES string of the molecule is CC(C)(C)CCc1ncn[nH]1. The van der Waals surface area contributed by atoms with E-state index >= 15 is 0 Å². The molecule has 3 nitrogen and oxygen atoms in total. The van der Waals surface area contributed by atoms with Gasteiger partial charge >= 0.3 is 0 Å². The van der Waals surface area contributed by atoms with E-state index in [0.29, 0.717) is 5.41 Å². The summed E-state index contributed by atoms with van der Waals surface area (Å²) in [5.74, 6) is 0.986. The van der Waals surface area contributed by atoms with Crippen LogP contribution in [0.4, 0.5) is 0 Å². The lowest BCUT2D eigenvalue weighted by atomic mass is 9.90. The molecule has 1 N–H and O–H groups in total. The van der Waals surface area contributed by atoms with Crippen LogP contribution in [-0.2, 0) is 6.42 Å². The summed E-state index contributed by atoms with van der Waals surface area (Å²) in [7, 11) is 0. The number of aryl methyl sites for hydroxylation is 1. The minimum absolute atomic E-state index is 0.382. The van der Waals surface area contributed by atoms with E-state index in [4.69, 9.17) is 0 Å². The molecule has 0 saturated heterocycles. The summed E-state index contributed by atoms with van der Waals surface area (Å²) in [5.41, 5.74) is 0.382. The number of hydrogen-bond donors (Lipinski definition) is 1. The zero-order valence-corrected chi connectivity index (χ0v) is 7.39. The van der Waals surface area contributed by atoms with Crippen molar-refractivity contribution in [2.24, 2.45) is 5.41 Å². The quantitative estimate of drug-likeness (QED) is 0.703. The third-order valence-electron chi connectivity index (χ3n) is 1.58. The summed E-state index contributed by atoms with van der Waals surface area (Å²) in [6.45, 7) is 6.68. The summed E-state index contributed by atoms with van der Waals surface area (Å²) in [4.78, 5) is 4.05. The first-order chi connectivity index (χ1) is 5.08. The van der Waals surface area contributed by atoms with Gasteiger partial charge in [-0.15, -0.1) is 0 Å². The van der Waals surface area contributed by atoms with Gasteiger partial charge in [0.2, 0.25) is 0 Å². The Morgan fingerprint density at radius 1 is 1.45 bits per heavy atom. The maximum absolute atomic E-state index is 4.05. The Kier molecular flexibility index (Phi) is 2.27. The summed E-state index contributed by atoms with van der Waals surface area (Å²) in [5, 5.41) is 6.64. The summed E-state index contributed by atoms with van der Waals surface area (Å²) >= 11 is 0. The van der Waals surface area contributed by atoms with Crippen molar-refractivity contribution in [1.29, 1.82) is 0 Å². The predicted octanol–water partition coefficient (Wildman–Crippen LogP) is 1.78. The number of H-pyrrole nitrogens is 1. The van der Waals surface area contributed by atoms with E-state index < -0.39 is 0 Å². The highest BCUT2D eigenvalue weighted by Gasteiger charge is 2.10. The average molecular weight is 153 g/mol. The molecule has 0 amide bonds. The monoisotopic (exact) mass is 153 g/mol. The normalized spacial score (nSPS) is 11.9. The molecule has 0 aliphatic heterocycles. The molecule has 0 unspecified atom stereocenters. The predicted molar refractivity (Wildman–Crippen MR) is 44.2 cm³/mol. The van der Waals surface area contributed by atoms with Gasteiger partial charge in [-0.3, -0.25) is 5.10 Å². The van der Waals surface area contributed by atoms with E-state index in [2.05, 4.69) is 36.0 Å². The molecule has 1 aromatic rings. The van der Waals surface area contributed by atoms with Crippen molar-refractivity contribution in [3.63, 3.8) is 0 Å². The van der Waals surface area contributed by atoms with Gasteiger partial charge in [0.05, 0.1) is 0 Å². The van der Waals surface area contributed by atoms with Crippen LogP contribution in [0.1, 0.15) is 33.0 Å². The lowest BCUT2D eigenvalue weighted by Gasteiger charge is -2.16. The van der Waals surface area contributed by atoms with Gasteiger partial charge in [0.25, 0.3) is 0 Å². The molecule has 0 aliphatic rings. The second-order valence-electron chi connectivity index (χ2n) is 3.99. The molecule has 62 valence electrons. The molecule has 0 aromatic carbocycles. The molecular weight excluding hydrogens is 138 g/mol. The van der Waals surface area contributed by atoms with Crippen LogP contribution in [0.2, 0.25) is 0 Å². The molecule has 11 heavy (non-hydrogen) atoms. The number of hydrogen-bond acceptors (Lipinski definition) is 2. The zero-order valence-electron chi connectivity index (χ0n) is 7.39. The fraction of sp³-hybridized carbons (Fsp3) is 0.750. The Hall–Kier alpha value is -0.860. The first-order valence-electron chi connectivity index (χ1n) is 3.92. The minimum Gasteiger partial charge on any atom is -0.263 e. The van der Waals surface area contributed by atoms with Crippen molar-refractivity contribution in [2.75, 3.05) is 0 Å². The minimum atomic E-state index is 0.382. The van der Waals surface area contributed by atoms with Crippen LogP contribution in [0, 0.1) is 5.41 Å². The third-order valence-corrected chi connectivity index (χ3v) is 1.58. The van der Waals surface area contributed by atoms with Gasteiger partial charge in [-0.1, -0.05) is 20.8 Å². The van der Waals surface area contributed by atoms with Crippen molar-refractivity contribution in [3.05, 3.63) is 12.2 Å². The van der Waals surface area contributed by atoms with Crippen LogP contribution < -0.4 is 0 Å². The first kappa shape index (κ1) is 8.24. The highest BCUT2D eigenvalue weighted by atomic mass is 15.2. The van der Waals surface area contributed by atoms with Crippen LogP contribution in [0.15, 0.2) is 6.33 Å². The van der Waals surface area contributed by atoms with Crippen molar-refractivity contribution < 1.29 is 0 Å². The Balaban J connectivity index is 2.35. The highest BCUT2D eigenvalue weighted by Crippen LogP contribution is 2.19. The summed E-state index contributed by atoms with van der Waals surface area (Å²) in [6.07, 6.45) is 3.68. The lowest BCUT2D eigenvalue weighted by Crippen LogP contribution is -2.06. The van der Waals surface area contributed by atoms with Crippen LogP contribution >= 0.6 is 0 Å². The number of nitrogens with one attached hydrogen (secondary N) is 1. The molecule has 0 spiro atoms. The molecule has 0 fully saturated rings. The van der Waals surface area contributed by atoms with Gasteiger partial charge in [-0.05, 0) is 11.8 Å². The standard InChI is InChI=1S/C8H15N3/c1-8(2,3)5-4-7-9-6-10-11-7/h6H,4-5H2,1-3H3,(H,9,10,11). The summed E-state index contributed by atoms with van der Waals surface area (Å²) in [6, 6.07) is 0. The highest BCUT2D eigenvalue weighted by molar-refractivity contribution is 4.81. The van der Waals surface area contributed by atoms with Gasteiger partial charge in [-0.25, -0.2) is 4.98 Å². The second-order valence-corrected chi connectivity index (χ2v) is 3.99. The molecule has 0 atom stereocenters. The van der Waals surface area contributed by atoms with E-state index in [1.807, 2.05) is 0 Å². The average Bonchev–Trinajstić information content (AvgIpc) is 2.32. The zero-order chi connectivity index (χ0) is 8.32. The maximum atomic E-state index is 4.05. The van der Waals surface area contributed by atoms with Gasteiger partial charge in [0, 0.05) is 6.42 Å². The number of nitrogens with zero attached hydrogens (tertiary/aromatic N) is 2. The van der Waals surface area contributed by atoms with Gasteiger partial charge in [-0.2, -0.15) is 5.10 Å². The molecule has 0 bridgehead atoms. The lowest BCUT2D eigenvalue weighted by molar-refractivity contribution is 0.374. The molecular formula is C8H15N3. The molecule has 1 heterocycles. The third kappa shape index (κ3) is 3.16. The van der Waals surface area contributed by atoms with E-state index in [-0.39, 0.29) is 0 Å². The smallest absolute Gasteiger partial charge is 0.137 e. The number of aromatic amines is 1. The molecule has 0 aliphatic carbocycles. The van der Waals surface area contributed by atoms with Crippen molar-refractivity contribution in [3.8, 4) is 0 Å². The summed E-state index contributed by atoms with van der Waals surface area (Å²) < 4.78 is 0. The van der Waals surface area contributed by atoms with Gasteiger partial charge in [0.1, 0.15) is 12.2 Å². The second kappa shape index (κ2) is 3.03. The Labute approximate surface area is 67.2 Å². The van der Waals surface area contributed by atoms with Crippen LogP contribution in [-0.4, -0.2) is 15.2 Å². The van der Waals surface area contributed by atoms with Gasteiger partial charge in [0.15, 0.2) is 0 Å². The molecule has 1 rings (SSSR count). The van der Waals surface area contributed by atoms with E-state index in [0.717, 1.165) is 18.7 Å². The maximum Gasteiger partial charge on any atom is 0.137 e. The fourth-order valence-electron chi connectivity index (χ4n) is 0.845. The molecule has 3 heteroatoms. The van der Waals surface area contributed by atoms with E-state index in [1.165, 1.54) is 0 Å². The number of rotatable bonds is 2. The largest absolute Gasteiger partial charge is 0.263 e. The Morgan fingerprint density at radius 3 is 2.64 bits per heavy atom.